The highest BCUT2D eigenvalue weighted by Crippen LogP contribution is 2.11. The molecule has 104 valence electrons. The summed E-state index contributed by atoms with van der Waals surface area (Å²) in [5.41, 5.74) is 0.320. The summed E-state index contributed by atoms with van der Waals surface area (Å²) in [6.07, 6.45) is 0.710. The molecule has 0 amide bonds. The van der Waals surface area contributed by atoms with Crippen LogP contribution in [0.3, 0.4) is 0 Å². The highest BCUT2D eigenvalue weighted by atomic mass is 32.2. The summed E-state index contributed by atoms with van der Waals surface area (Å²) in [7, 11) is -3.55. The largest absolute Gasteiger partial charge is 0.396 e. The maximum absolute atomic E-state index is 11.9. The van der Waals surface area contributed by atoms with Gasteiger partial charge in [-0.1, -0.05) is 6.07 Å². The normalized spacial score (nSPS) is 11.2. The fraction of sp³-hybridized carbons (Fsp3) is 0.417. The van der Waals surface area contributed by atoms with Gasteiger partial charge in [0.15, 0.2) is 0 Å². The zero-order valence-corrected chi connectivity index (χ0v) is 12.0. The second-order valence-corrected chi connectivity index (χ2v) is 6.72. The molecule has 5 nitrogen and oxygen atoms in total. The summed E-state index contributed by atoms with van der Waals surface area (Å²) in [6.45, 7) is 0.481. The first-order chi connectivity index (χ1) is 9.10. The highest BCUT2D eigenvalue weighted by molar-refractivity contribution is 7.99. The Balaban J connectivity index is 2.49. The van der Waals surface area contributed by atoms with E-state index in [1.54, 1.807) is 23.9 Å². The molecule has 7 heteroatoms. The lowest BCUT2D eigenvalue weighted by Crippen LogP contribution is -2.26. The quantitative estimate of drug-likeness (QED) is 0.698. The molecule has 0 radical (unpaired) electrons. The number of sulfonamides is 1. The summed E-state index contributed by atoms with van der Waals surface area (Å²) in [6, 6.07) is 7.82. The van der Waals surface area contributed by atoms with Crippen LogP contribution in [-0.4, -0.2) is 38.2 Å². The third-order valence-corrected chi connectivity index (χ3v) is 4.79. The van der Waals surface area contributed by atoms with Crippen LogP contribution in [0.25, 0.3) is 0 Å². The van der Waals surface area contributed by atoms with Crippen LogP contribution in [0.2, 0.25) is 0 Å². The van der Waals surface area contributed by atoms with E-state index in [4.69, 9.17) is 10.4 Å². The topological polar surface area (TPSA) is 90.2 Å². The maximum Gasteiger partial charge on any atom is 0.240 e. The maximum atomic E-state index is 11.9. The predicted molar refractivity (Wildman–Crippen MR) is 75.4 cm³/mol. The molecular weight excluding hydrogens is 284 g/mol. The van der Waals surface area contributed by atoms with Crippen molar-refractivity contribution in [3.63, 3.8) is 0 Å². The van der Waals surface area contributed by atoms with Crippen LogP contribution >= 0.6 is 11.8 Å². The van der Waals surface area contributed by atoms with Crippen molar-refractivity contribution in [1.82, 2.24) is 4.72 Å². The van der Waals surface area contributed by atoms with Crippen molar-refractivity contribution in [3.05, 3.63) is 29.8 Å². The molecule has 0 aliphatic carbocycles. The summed E-state index contributed by atoms with van der Waals surface area (Å²) >= 11 is 1.58. The van der Waals surface area contributed by atoms with Crippen molar-refractivity contribution >= 4 is 21.8 Å². The Hall–Kier alpha value is -1.07. The zero-order chi connectivity index (χ0) is 14.1. The van der Waals surface area contributed by atoms with Crippen LogP contribution in [0.5, 0.6) is 0 Å². The van der Waals surface area contributed by atoms with Crippen molar-refractivity contribution in [2.75, 3.05) is 24.7 Å². The first-order valence-electron chi connectivity index (χ1n) is 5.78. The van der Waals surface area contributed by atoms with E-state index < -0.39 is 10.0 Å². The molecule has 19 heavy (non-hydrogen) atoms. The van der Waals surface area contributed by atoms with Crippen molar-refractivity contribution < 1.29 is 13.5 Å². The van der Waals surface area contributed by atoms with Crippen LogP contribution in [0, 0.1) is 11.3 Å². The number of rotatable bonds is 8. The van der Waals surface area contributed by atoms with Crippen LogP contribution in [-0.2, 0) is 10.0 Å². The van der Waals surface area contributed by atoms with Gasteiger partial charge in [0.2, 0.25) is 10.0 Å². The molecule has 0 saturated carbocycles. The molecule has 0 atom stereocenters. The monoisotopic (exact) mass is 300 g/mol. The Morgan fingerprint density at radius 2 is 2.16 bits per heavy atom. The van der Waals surface area contributed by atoms with E-state index in [0.717, 1.165) is 5.75 Å². The van der Waals surface area contributed by atoms with Gasteiger partial charge in [-0.3, -0.25) is 0 Å². The summed E-state index contributed by atoms with van der Waals surface area (Å²) in [4.78, 5) is 0.104. The highest BCUT2D eigenvalue weighted by Gasteiger charge is 2.13. The molecule has 1 aromatic carbocycles. The van der Waals surface area contributed by atoms with Crippen LogP contribution in [0.15, 0.2) is 29.2 Å². The molecule has 0 aliphatic heterocycles. The fourth-order valence-corrected chi connectivity index (χ4v) is 3.32. The fourth-order valence-electron chi connectivity index (χ4n) is 1.33. The van der Waals surface area contributed by atoms with Crippen molar-refractivity contribution in [2.45, 2.75) is 11.3 Å². The first-order valence-corrected chi connectivity index (χ1v) is 8.42. The molecule has 0 unspecified atom stereocenters. The van der Waals surface area contributed by atoms with E-state index in [0.29, 0.717) is 24.3 Å². The van der Waals surface area contributed by atoms with Gasteiger partial charge in [-0.15, -0.1) is 0 Å². The molecule has 1 aromatic rings. The summed E-state index contributed by atoms with van der Waals surface area (Å²) in [5, 5.41) is 17.3. The number of nitrogens with zero attached hydrogens (tertiary/aromatic N) is 1. The van der Waals surface area contributed by atoms with Crippen molar-refractivity contribution in [1.29, 1.82) is 5.26 Å². The molecule has 0 heterocycles. The summed E-state index contributed by atoms with van der Waals surface area (Å²) in [5.74, 6) is 1.46. The number of nitriles is 1. The van der Waals surface area contributed by atoms with Gasteiger partial charge in [0.1, 0.15) is 0 Å². The number of aliphatic hydroxyl groups is 1. The SMILES string of the molecule is N#Cc1cccc(S(=O)(=O)NCCSCCCO)c1. The standard InChI is InChI=1S/C12H16N2O3S2/c13-10-11-3-1-4-12(9-11)19(16,17)14-5-8-18-7-2-6-15/h1,3-4,9,14-15H,2,5-8H2. The van der Waals surface area contributed by atoms with Gasteiger partial charge < -0.3 is 5.11 Å². The van der Waals surface area contributed by atoms with E-state index in [2.05, 4.69) is 4.72 Å². The third-order valence-electron chi connectivity index (χ3n) is 2.26. The lowest BCUT2D eigenvalue weighted by molar-refractivity contribution is 0.296. The lowest BCUT2D eigenvalue weighted by atomic mass is 10.2. The van der Waals surface area contributed by atoms with Gasteiger partial charge in [-0.2, -0.15) is 17.0 Å². The number of hydrogen-bond donors (Lipinski definition) is 2. The lowest BCUT2D eigenvalue weighted by Gasteiger charge is -2.06. The average molecular weight is 300 g/mol. The minimum Gasteiger partial charge on any atom is -0.396 e. The average Bonchev–Trinajstić information content (AvgIpc) is 2.43. The minimum atomic E-state index is -3.55. The van der Waals surface area contributed by atoms with Gasteiger partial charge in [0.25, 0.3) is 0 Å². The summed E-state index contributed by atoms with van der Waals surface area (Å²) < 4.78 is 26.3. The number of nitrogens with one attached hydrogen (secondary N) is 1. The van der Waals surface area contributed by atoms with E-state index in [1.165, 1.54) is 12.1 Å². The molecule has 2 N–H and O–H groups in total. The Morgan fingerprint density at radius 3 is 2.84 bits per heavy atom. The van der Waals surface area contributed by atoms with Crippen molar-refractivity contribution in [2.24, 2.45) is 0 Å². The minimum absolute atomic E-state index is 0.104. The molecule has 0 aliphatic rings. The Kier molecular flexibility index (Phi) is 6.87. The van der Waals surface area contributed by atoms with Gasteiger partial charge in [-0.05, 0) is 30.4 Å². The van der Waals surface area contributed by atoms with Crippen LogP contribution in [0.4, 0.5) is 0 Å². The van der Waals surface area contributed by atoms with Crippen LogP contribution in [0.1, 0.15) is 12.0 Å². The second-order valence-electron chi connectivity index (χ2n) is 3.73. The van der Waals surface area contributed by atoms with E-state index in [-0.39, 0.29) is 11.5 Å². The van der Waals surface area contributed by atoms with Crippen molar-refractivity contribution in [3.8, 4) is 6.07 Å². The third kappa shape index (κ3) is 5.61. The van der Waals surface area contributed by atoms with E-state index >= 15 is 0 Å². The molecule has 0 spiro atoms. The molecule has 0 fully saturated rings. The molecular formula is C12H16N2O3S2. The number of thioether (sulfide) groups is 1. The van der Waals surface area contributed by atoms with Gasteiger partial charge >= 0.3 is 0 Å². The van der Waals surface area contributed by atoms with Gasteiger partial charge in [-0.25, -0.2) is 13.1 Å². The zero-order valence-electron chi connectivity index (χ0n) is 10.4. The number of hydrogen-bond acceptors (Lipinski definition) is 5. The Morgan fingerprint density at radius 1 is 1.37 bits per heavy atom. The molecule has 0 bridgehead atoms. The van der Waals surface area contributed by atoms with E-state index in [1.807, 2.05) is 6.07 Å². The number of benzene rings is 1. The molecule has 0 saturated heterocycles. The smallest absolute Gasteiger partial charge is 0.240 e. The van der Waals surface area contributed by atoms with E-state index in [9.17, 15) is 8.42 Å². The molecule has 0 aromatic heterocycles. The first kappa shape index (κ1) is 16.0. The predicted octanol–water partition coefficient (Wildman–Crippen LogP) is 0.952. The second kappa shape index (κ2) is 8.17. The number of aliphatic hydroxyl groups excluding tert-OH is 1. The van der Waals surface area contributed by atoms with Gasteiger partial charge in [0.05, 0.1) is 16.5 Å². The van der Waals surface area contributed by atoms with Gasteiger partial charge in [0, 0.05) is 18.9 Å². The molecule has 1 rings (SSSR count). The Labute approximate surface area is 117 Å². The Bertz CT molecular complexity index is 538. The van der Waals surface area contributed by atoms with Crippen LogP contribution < -0.4 is 4.72 Å².